The van der Waals surface area contributed by atoms with Gasteiger partial charge in [0.15, 0.2) is 0 Å². The number of benzene rings is 3. The van der Waals surface area contributed by atoms with Crippen LogP contribution in [0.25, 0.3) is 6.08 Å². The van der Waals surface area contributed by atoms with Gasteiger partial charge in [-0.05, 0) is 35.0 Å². The zero-order chi connectivity index (χ0) is 22.3. The van der Waals surface area contributed by atoms with E-state index < -0.39 is 5.18 Å². The normalized spacial score (nSPS) is 24.5. The van der Waals surface area contributed by atoms with E-state index in [-0.39, 0.29) is 11.9 Å². The number of rotatable bonds is 3. The van der Waals surface area contributed by atoms with E-state index in [1.807, 2.05) is 90.0 Å². The highest BCUT2D eigenvalue weighted by Crippen LogP contribution is 2.53. The average molecular weight is 452 g/mol. The topological polar surface area (TPSA) is 53.9 Å². The molecule has 2 unspecified atom stereocenters. The lowest BCUT2D eigenvalue weighted by Crippen LogP contribution is -2.58. The van der Waals surface area contributed by atoms with Crippen molar-refractivity contribution in [3.05, 3.63) is 119 Å². The van der Waals surface area contributed by atoms with Gasteiger partial charge < -0.3 is 4.74 Å². The van der Waals surface area contributed by atoms with E-state index in [9.17, 15) is 4.79 Å². The van der Waals surface area contributed by atoms with Crippen molar-refractivity contribution < 1.29 is 9.53 Å². The summed E-state index contributed by atoms with van der Waals surface area (Å²) in [5.41, 5.74) is 4.22. The Morgan fingerprint density at radius 1 is 1.00 bits per heavy atom. The number of hydrogen-bond acceptors (Lipinski definition) is 5. The smallest absolute Gasteiger partial charge is 0.336 e. The van der Waals surface area contributed by atoms with Gasteiger partial charge in [0, 0.05) is 12.0 Å². The number of nitrogens with zero attached hydrogens (tertiary/aromatic N) is 2. The first-order valence-corrected chi connectivity index (χ1v) is 11.7. The van der Waals surface area contributed by atoms with E-state index >= 15 is 0 Å². The van der Waals surface area contributed by atoms with Crippen LogP contribution in [0.3, 0.4) is 0 Å². The van der Waals surface area contributed by atoms with Crippen LogP contribution >= 0.6 is 11.8 Å². The van der Waals surface area contributed by atoms with Crippen molar-refractivity contribution in [2.75, 3.05) is 0 Å². The summed E-state index contributed by atoms with van der Waals surface area (Å²) < 4.78 is 6.43. The van der Waals surface area contributed by atoms with Crippen LogP contribution in [0.15, 0.2) is 107 Å². The third kappa shape index (κ3) is 3.52. The second-order valence-corrected chi connectivity index (χ2v) is 9.25. The average Bonchev–Trinajstić information content (AvgIpc) is 3.44. The molecule has 0 aliphatic carbocycles. The van der Waals surface area contributed by atoms with Crippen LogP contribution in [0.4, 0.5) is 0 Å². The Kier molecular flexibility index (Phi) is 4.80. The molecule has 3 aromatic carbocycles. The quantitative estimate of drug-likeness (QED) is 0.549. The highest BCUT2D eigenvalue weighted by atomic mass is 32.2. The number of nitrogens with one attached hydrogen (secondary N) is 1. The summed E-state index contributed by atoms with van der Waals surface area (Å²) in [5.74, 6) is 0.608. The van der Waals surface area contributed by atoms with E-state index in [2.05, 4.69) is 23.5 Å². The van der Waals surface area contributed by atoms with Gasteiger partial charge in [-0.25, -0.2) is 5.01 Å². The minimum atomic E-state index is -1.11. The number of carbonyl (C=O) groups is 1. The molecule has 6 heteroatoms. The molecular formula is C27H21N3O2S. The van der Waals surface area contributed by atoms with Gasteiger partial charge in [-0.1, -0.05) is 91.0 Å². The largest absolute Gasteiger partial charge is 0.439 e. The van der Waals surface area contributed by atoms with E-state index in [0.29, 0.717) is 4.91 Å². The Labute approximate surface area is 196 Å². The third-order valence-electron chi connectivity index (χ3n) is 5.92. The van der Waals surface area contributed by atoms with Crippen molar-refractivity contribution in [3.63, 3.8) is 0 Å². The third-order valence-corrected chi connectivity index (χ3v) is 7.12. The lowest BCUT2D eigenvalue weighted by atomic mass is 9.97. The van der Waals surface area contributed by atoms with E-state index in [1.54, 1.807) is 0 Å². The van der Waals surface area contributed by atoms with Gasteiger partial charge in [0.2, 0.25) is 0 Å². The van der Waals surface area contributed by atoms with Crippen LogP contribution < -0.4 is 10.1 Å². The fourth-order valence-electron chi connectivity index (χ4n) is 4.37. The molecular weight excluding hydrogens is 430 g/mol. The number of hydrazone groups is 1. The Morgan fingerprint density at radius 2 is 1.73 bits per heavy atom. The van der Waals surface area contributed by atoms with Crippen LogP contribution in [-0.4, -0.2) is 21.8 Å². The molecule has 3 aliphatic rings. The minimum Gasteiger partial charge on any atom is -0.439 e. The number of fused-ring (bicyclic) bond motifs is 4. The summed E-state index contributed by atoms with van der Waals surface area (Å²) in [7, 11) is 0. The van der Waals surface area contributed by atoms with Gasteiger partial charge in [0.05, 0.1) is 16.7 Å². The number of carbonyl (C=O) groups excluding carboxylic acids is 1. The molecule has 1 saturated heterocycles. The molecule has 33 heavy (non-hydrogen) atoms. The molecule has 1 fully saturated rings. The molecule has 162 valence electrons. The number of amides is 1. The molecule has 2 atom stereocenters. The monoisotopic (exact) mass is 451 g/mol. The molecule has 0 saturated carbocycles. The Balaban J connectivity index is 1.36. The second kappa shape index (κ2) is 7.98. The lowest BCUT2D eigenvalue weighted by molar-refractivity contribution is -0.127. The summed E-state index contributed by atoms with van der Waals surface area (Å²) in [6.45, 7) is 0. The van der Waals surface area contributed by atoms with Crippen LogP contribution in [0, 0.1) is 0 Å². The van der Waals surface area contributed by atoms with Crippen LogP contribution in [0.1, 0.15) is 29.2 Å². The van der Waals surface area contributed by atoms with Gasteiger partial charge >= 0.3 is 5.18 Å². The summed E-state index contributed by atoms with van der Waals surface area (Å²) in [5, 5.41) is 8.83. The van der Waals surface area contributed by atoms with Gasteiger partial charge in [-0.15, -0.1) is 0 Å². The molecule has 1 N–H and O–H groups in total. The Bertz CT molecular complexity index is 1300. The minimum absolute atomic E-state index is 0.0165. The van der Waals surface area contributed by atoms with Crippen molar-refractivity contribution in [1.82, 2.24) is 10.3 Å². The van der Waals surface area contributed by atoms with Crippen molar-refractivity contribution in [3.8, 4) is 5.75 Å². The number of thioether (sulfide) groups is 1. The lowest BCUT2D eigenvalue weighted by Gasteiger charge is -2.43. The van der Waals surface area contributed by atoms with E-state index in [0.717, 1.165) is 34.6 Å². The van der Waals surface area contributed by atoms with Crippen molar-refractivity contribution in [1.29, 1.82) is 0 Å². The molecule has 6 rings (SSSR count). The SMILES string of the molecule is O=C1NC2(Oc3ccccc3C3CC(c4ccccc4)=NN32)S/C1=C\C=C\c1ccccc1. The maximum absolute atomic E-state index is 13.0. The van der Waals surface area contributed by atoms with Gasteiger partial charge in [0.25, 0.3) is 5.91 Å². The van der Waals surface area contributed by atoms with Crippen molar-refractivity contribution in [2.45, 2.75) is 17.6 Å². The zero-order valence-corrected chi connectivity index (χ0v) is 18.5. The molecule has 1 amide bonds. The highest BCUT2D eigenvalue weighted by Gasteiger charge is 2.57. The molecule has 3 aromatic rings. The van der Waals surface area contributed by atoms with Gasteiger partial charge in [-0.2, -0.15) is 5.10 Å². The van der Waals surface area contributed by atoms with Crippen LogP contribution in [0.5, 0.6) is 5.75 Å². The molecule has 1 spiro atoms. The van der Waals surface area contributed by atoms with E-state index in [4.69, 9.17) is 9.84 Å². The maximum atomic E-state index is 13.0. The van der Waals surface area contributed by atoms with Gasteiger partial charge in [-0.3, -0.25) is 10.1 Å². The fourth-order valence-corrected chi connectivity index (χ4v) is 5.50. The summed E-state index contributed by atoms with van der Waals surface area (Å²) in [6, 6.07) is 28.1. The Hall–Kier alpha value is -3.77. The Morgan fingerprint density at radius 3 is 2.55 bits per heavy atom. The molecule has 5 nitrogen and oxygen atoms in total. The number of hydrogen-bond donors (Lipinski definition) is 1. The summed E-state index contributed by atoms with van der Waals surface area (Å²) in [6.07, 6.45) is 6.45. The second-order valence-electron chi connectivity index (χ2n) is 8.06. The molecule has 0 aromatic heterocycles. The van der Waals surface area contributed by atoms with Gasteiger partial charge in [0.1, 0.15) is 5.75 Å². The number of allylic oxidation sites excluding steroid dienone is 2. The predicted octanol–water partition coefficient (Wildman–Crippen LogP) is 5.30. The number of para-hydroxylation sites is 1. The maximum Gasteiger partial charge on any atom is 0.336 e. The standard InChI is InChI=1S/C27H21N3O2S/c31-26-25(17-9-12-19-10-3-1-4-11-19)33-27(28-26)30-23(21-15-7-8-16-24(21)32-27)18-22(29-30)20-13-5-2-6-14-20/h1-17,23H,18H2,(H,28,31)/b12-9+,25-17-. The predicted molar refractivity (Wildman–Crippen MR) is 131 cm³/mol. The molecule has 0 bridgehead atoms. The molecule has 3 heterocycles. The summed E-state index contributed by atoms with van der Waals surface area (Å²) >= 11 is 1.36. The fraction of sp³-hybridized carbons (Fsp3) is 0.111. The zero-order valence-electron chi connectivity index (χ0n) is 17.7. The van der Waals surface area contributed by atoms with E-state index in [1.165, 1.54) is 11.8 Å². The molecule has 3 aliphatic heterocycles. The van der Waals surface area contributed by atoms with Crippen molar-refractivity contribution >= 4 is 29.5 Å². The molecule has 0 radical (unpaired) electrons. The van der Waals surface area contributed by atoms with Crippen LogP contribution in [0.2, 0.25) is 0 Å². The first-order chi connectivity index (χ1) is 16.2. The summed E-state index contributed by atoms with van der Waals surface area (Å²) in [4.78, 5) is 13.5. The number of ether oxygens (including phenoxy) is 1. The first kappa shape index (κ1) is 19.9. The highest BCUT2D eigenvalue weighted by molar-refractivity contribution is 8.05. The first-order valence-electron chi connectivity index (χ1n) is 10.9. The van der Waals surface area contributed by atoms with Crippen LogP contribution in [-0.2, 0) is 4.79 Å². The van der Waals surface area contributed by atoms with Crippen molar-refractivity contribution in [2.24, 2.45) is 5.10 Å².